The Bertz CT molecular complexity index is 1120. The monoisotopic (exact) mass is 480 g/mol. The third kappa shape index (κ3) is 6.59. The standard InChI is InChI=1S/C23H20ClF3N2O4/c1-32-14-15-4-2-5-16(10-15)22(31)29(12-18-6-3-9-33-18)13-21(30)28-17-7-8-20(24)19(11-17)23(25,26)27/h2-11H,12-14H2,1H3,(H,28,30). The Kier molecular flexibility index (Phi) is 7.78. The molecular weight excluding hydrogens is 461 g/mol. The van der Waals surface area contributed by atoms with Gasteiger partial charge in [-0.15, -0.1) is 0 Å². The SMILES string of the molecule is COCc1cccc(C(=O)N(CC(=O)Nc2ccc(Cl)c(C(F)(F)F)c2)Cc2ccco2)c1. The third-order valence-electron chi connectivity index (χ3n) is 4.59. The molecule has 1 N–H and O–H groups in total. The van der Waals surface area contributed by atoms with Crippen LogP contribution in [0.15, 0.2) is 65.3 Å². The van der Waals surface area contributed by atoms with E-state index >= 15 is 0 Å². The summed E-state index contributed by atoms with van der Waals surface area (Å²) in [6, 6.07) is 13.1. The van der Waals surface area contributed by atoms with Crippen LogP contribution in [-0.2, 0) is 28.9 Å². The fourth-order valence-electron chi connectivity index (χ4n) is 3.13. The van der Waals surface area contributed by atoms with Crippen molar-refractivity contribution in [2.24, 2.45) is 0 Å². The molecule has 0 atom stereocenters. The lowest BCUT2D eigenvalue weighted by atomic mass is 10.1. The van der Waals surface area contributed by atoms with Crippen LogP contribution in [0.3, 0.4) is 0 Å². The highest BCUT2D eigenvalue weighted by Crippen LogP contribution is 2.36. The first-order chi connectivity index (χ1) is 15.7. The first kappa shape index (κ1) is 24.3. The molecule has 0 aliphatic heterocycles. The fourth-order valence-corrected chi connectivity index (χ4v) is 3.35. The number of hydrogen-bond donors (Lipinski definition) is 1. The first-order valence-electron chi connectivity index (χ1n) is 9.73. The van der Waals surface area contributed by atoms with Gasteiger partial charge in [-0.1, -0.05) is 23.7 Å². The molecule has 0 saturated carbocycles. The minimum atomic E-state index is -4.67. The number of methoxy groups -OCH3 is 1. The van der Waals surface area contributed by atoms with Crippen LogP contribution in [0.25, 0.3) is 0 Å². The van der Waals surface area contributed by atoms with E-state index in [0.717, 1.165) is 17.7 Å². The van der Waals surface area contributed by atoms with E-state index in [-0.39, 0.29) is 12.2 Å². The van der Waals surface area contributed by atoms with Gasteiger partial charge >= 0.3 is 6.18 Å². The molecule has 3 aromatic rings. The molecule has 33 heavy (non-hydrogen) atoms. The molecule has 1 aromatic heterocycles. The summed E-state index contributed by atoms with van der Waals surface area (Å²) in [5, 5.41) is 1.91. The summed E-state index contributed by atoms with van der Waals surface area (Å²) in [5.74, 6) is -0.694. The summed E-state index contributed by atoms with van der Waals surface area (Å²) in [4.78, 5) is 27.0. The molecule has 0 radical (unpaired) electrons. The zero-order chi connectivity index (χ0) is 24.0. The van der Waals surface area contributed by atoms with Crippen molar-refractivity contribution in [2.45, 2.75) is 19.3 Å². The van der Waals surface area contributed by atoms with Crippen molar-refractivity contribution in [3.05, 3.63) is 88.3 Å². The minimum absolute atomic E-state index is 0.0117. The quantitative estimate of drug-likeness (QED) is 0.470. The maximum atomic E-state index is 13.1. The second-order valence-electron chi connectivity index (χ2n) is 7.11. The zero-order valence-electron chi connectivity index (χ0n) is 17.5. The Labute approximate surface area is 192 Å². The number of nitrogens with one attached hydrogen (secondary N) is 1. The Morgan fingerprint density at radius 1 is 1.12 bits per heavy atom. The van der Waals surface area contributed by atoms with Crippen molar-refractivity contribution in [1.29, 1.82) is 0 Å². The second kappa shape index (κ2) is 10.5. The molecule has 2 aromatic carbocycles. The van der Waals surface area contributed by atoms with Crippen LogP contribution in [0, 0.1) is 0 Å². The van der Waals surface area contributed by atoms with Crippen LogP contribution >= 0.6 is 11.6 Å². The number of benzene rings is 2. The second-order valence-corrected chi connectivity index (χ2v) is 7.52. The maximum absolute atomic E-state index is 13.1. The van der Waals surface area contributed by atoms with Gasteiger partial charge in [-0.3, -0.25) is 9.59 Å². The van der Waals surface area contributed by atoms with Gasteiger partial charge in [-0.05, 0) is 48.0 Å². The van der Waals surface area contributed by atoms with Gasteiger partial charge in [0.1, 0.15) is 12.3 Å². The number of amides is 2. The molecule has 0 spiro atoms. The molecule has 3 rings (SSSR count). The highest BCUT2D eigenvalue weighted by Gasteiger charge is 2.33. The van der Waals surface area contributed by atoms with Crippen LogP contribution in [0.2, 0.25) is 5.02 Å². The summed E-state index contributed by atoms with van der Waals surface area (Å²) in [6.45, 7) is -0.127. The number of anilines is 1. The third-order valence-corrected chi connectivity index (χ3v) is 4.92. The normalized spacial score (nSPS) is 11.3. The van der Waals surface area contributed by atoms with E-state index in [1.807, 2.05) is 0 Å². The van der Waals surface area contributed by atoms with Crippen molar-refractivity contribution < 1.29 is 31.9 Å². The van der Waals surface area contributed by atoms with Crippen LogP contribution in [0.4, 0.5) is 18.9 Å². The molecule has 0 saturated heterocycles. The smallest absolute Gasteiger partial charge is 0.417 e. The molecule has 6 nitrogen and oxygen atoms in total. The molecule has 0 aliphatic carbocycles. The van der Waals surface area contributed by atoms with Crippen LogP contribution in [0.1, 0.15) is 27.2 Å². The van der Waals surface area contributed by atoms with Gasteiger partial charge in [0.2, 0.25) is 5.91 Å². The van der Waals surface area contributed by atoms with E-state index in [2.05, 4.69) is 5.32 Å². The van der Waals surface area contributed by atoms with Gasteiger partial charge in [0.05, 0.1) is 30.0 Å². The first-order valence-corrected chi connectivity index (χ1v) is 10.1. The van der Waals surface area contributed by atoms with Gasteiger partial charge < -0.3 is 19.4 Å². The Morgan fingerprint density at radius 2 is 1.91 bits per heavy atom. The minimum Gasteiger partial charge on any atom is -0.467 e. The van der Waals surface area contributed by atoms with Crippen molar-refractivity contribution in [3.8, 4) is 0 Å². The lowest BCUT2D eigenvalue weighted by molar-refractivity contribution is -0.137. The van der Waals surface area contributed by atoms with Crippen molar-refractivity contribution in [1.82, 2.24) is 4.90 Å². The number of nitrogens with zero attached hydrogens (tertiary/aromatic N) is 1. The number of ether oxygens (including phenoxy) is 1. The van der Waals surface area contributed by atoms with Crippen molar-refractivity contribution >= 4 is 29.1 Å². The van der Waals surface area contributed by atoms with Crippen molar-refractivity contribution in [3.63, 3.8) is 0 Å². The van der Waals surface area contributed by atoms with E-state index < -0.39 is 35.1 Å². The highest BCUT2D eigenvalue weighted by molar-refractivity contribution is 6.31. The maximum Gasteiger partial charge on any atom is 0.417 e. The number of hydrogen-bond acceptors (Lipinski definition) is 4. The predicted octanol–water partition coefficient (Wildman–Crippen LogP) is 5.38. The average Bonchev–Trinajstić information content (AvgIpc) is 3.27. The summed E-state index contributed by atoms with van der Waals surface area (Å²) in [6.07, 6.45) is -3.24. The average molecular weight is 481 g/mol. The summed E-state index contributed by atoms with van der Waals surface area (Å²) < 4.78 is 49.7. The van der Waals surface area contributed by atoms with Crippen molar-refractivity contribution in [2.75, 3.05) is 19.0 Å². The zero-order valence-corrected chi connectivity index (χ0v) is 18.2. The lowest BCUT2D eigenvalue weighted by Crippen LogP contribution is -2.37. The number of halogens is 4. The molecule has 0 bridgehead atoms. The number of carbonyl (C=O) groups excluding carboxylic acids is 2. The number of furan rings is 1. The molecule has 2 amide bonds. The van der Waals surface area contributed by atoms with Gasteiger partial charge in [0.15, 0.2) is 0 Å². The van der Waals surface area contributed by atoms with Gasteiger partial charge in [-0.25, -0.2) is 0 Å². The molecule has 0 fully saturated rings. The molecule has 0 unspecified atom stereocenters. The Balaban J connectivity index is 1.80. The van der Waals surface area contributed by atoms with Gasteiger partial charge in [-0.2, -0.15) is 13.2 Å². The van der Waals surface area contributed by atoms with Gasteiger partial charge in [0.25, 0.3) is 5.91 Å². The van der Waals surface area contributed by atoms with Crippen LogP contribution in [-0.4, -0.2) is 30.4 Å². The van der Waals surface area contributed by atoms with E-state index in [1.54, 1.807) is 36.4 Å². The highest BCUT2D eigenvalue weighted by atomic mass is 35.5. The summed E-state index contributed by atoms with van der Waals surface area (Å²) in [7, 11) is 1.53. The molecule has 174 valence electrons. The Morgan fingerprint density at radius 3 is 2.58 bits per heavy atom. The van der Waals surface area contributed by atoms with Crippen LogP contribution < -0.4 is 5.32 Å². The molecule has 0 aliphatic rings. The van der Waals surface area contributed by atoms with E-state index in [4.69, 9.17) is 20.8 Å². The number of alkyl halides is 3. The topological polar surface area (TPSA) is 71.8 Å². The molecule has 10 heteroatoms. The van der Waals surface area contributed by atoms with E-state index in [9.17, 15) is 22.8 Å². The molecular formula is C23H20ClF3N2O4. The van der Waals surface area contributed by atoms with Gasteiger partial charge in [0, 0.05) is 18.4 Å². The van der Waals surface area contributed by atoms with E-state index in [1.165, 1.54) is 24.3 Å². The number of rotatable bonds is 8. The molecule has 1 heterocycles. The largest absolute Gasteiger partial charge is 0.467 e. The summed E-state index contributed by atoms with van der Waals surface area (Å²) >= 11 is 5.62. The summed E-state index contributed by atoms with van der Waals surface area (Å²) in [5.41, 5.74) is -0.0639. The fraction of sp³-hybridized carbons (Fsp3) is 0.217. The van der Waals surface area contributed by atoms with Crippen LogP contribution in [0.5, 0.6) is 0 Å². The predicted molar refractivity (Wildman–Crippen MR) is 116 cm³/mol. The van der Waals surface area contributed by atoms with E-state index in [0.29, 0.717) is 17.9 Å². The Hall–Kier alpha value is -3.30. The number of carbonyl (C=O) groups is 2. The lowest BCUT2D eigenvalue weighted by Gasteiger charge is -2.22.